The van der Waals surface area contributed by atoms with Crippen molar-refractivity contribution in [2.75, 3.05) is 0 Å². The van der Waals surface area contributed by atoms with Crippen molar-refractivity contribution in [3.05, 3.63) is 52.6 Å². The second-order valence-corrected chi connectivity index (χ2v) is 3.94. The predicted molar refractivity (Wildman–Crippen MR) is 59.7 cm³/mol. The molecule has 0 aliphatic rings. The van der Waals surface area contributed by atoms with E-state index in [2.05, 4.69) is 4.98 Å². The quantitative estimate of drug-likeness (QED) is 0.934. The molecule has 18 heavy (non-hydrogen) atoms. The Bertz CT molecular complexity index is 593. The minimum absolute atomic E-state index is 0.0355. The van der Waals surface area contributed by atoms with Crippen LogP contribution in [0.4, 0.5) is 8.78 Å². The van der Waals surface area contributed by atoms with E-state index in [1.165, 1.54) is 10.8 Å². The third-order valence-corrected chi connectivity index (χ3v) is 2.52. The van der Waals surface area contributed by atoms with Gasteiger partial charge in [0, 0.05) is 12.3 Å². The summed E-state index contributed by atoms with van der Waals surface area (Å²) in [6, 6.07) is 3.03. The van der Waals surface area contributed by atoms with Crippen LogP contribution >= 0.6 is 11.6 Å². The number of carbonyl (C=O) groups is 1. The van der Waals surface area contributed by atoms with Crippen molar-refractivity contribution >= 4 is 17.6 Å². The third kappa shape index (κ3) is 2.65. The average molecular weight is 273 g/mol. The molecule has 2 rings (SSSR count). The Kier molecular flexibility index (Phi) is 3.29. The van der Waals surface area contributed by atoms with Gasteiger partial charge in [0.05, 0.1) is 6.54 Å². The van der Waals surface area contributed by atoms with Crippen LogP contribution in [-0.2, 0) is 6.54 Å². The first-order valence-corrected chi connectivity index (χ1v) is 5.24. The van der Waals surface area contributed by atoms with E-state index in [4.69, 9.17) is 16.7 Å². The van der Waals surface area contributed by atoms with Gasteiger partial charge >= 0.3 is 5.97 Å². The molecule has 0 amide bonds. The van der Waals surface area contributed by atoms with Gasteiger partial charge in [0.2, 0.25) is 5.28 Å². The lowest BCUT2D eigenvalue weighted by molar-refractivity contribution is 0.0691. The monoisotopic (exact) mass is 272 g/mol. The first kappa shape index (κ1) is 12.5. The summed E-state index contributed by atoms with van der Waals surface area (Å²) >= 11 is 5.72. The van der Waals surface area contributed by atoms with E-state index in [1.54, 1.807) is 0 Å². The van der Waals surface area contributed by atoms with E-state index in [1.807, 2.05) is 0 Å². The van der Waals surface area contributed by atoms with Crippen molar-refractivity contribution in [1.29, 1.82) is 0 Å². The molecule has 0 radical (unpaired) electrons. The summed E-state index contributed by atoms with van der Waals surface area (Å²) in [7, 11) is 0. The Morgan fingerprint density at radius 2 is 1.94 bits per heavy atom. The van der Waals surface area contributed by atoms with Gasteiger partial charge in [0.15, 0.2) is 5.69 Å². The van der Waals surface area contributed by atoms with Crippen LogP contribution in [0.5, 0.6) is 0 Å². The molecule has 0 aliphatic heterocycles. The molecule has 1 heterocycles. The molecular weight excluding hydrogens is 266 g/mol. The zero-order valence-corrected chi connectivity index (χ0v) is 9.66. The predicted octanol–water partition coefficient (Wildman–Crippen LogP) is 2.56. The molecule has 0 saturated carbocycles. The van der Waals surface area contributed by atoms with Gasteiger partial charge in [0.25, 0.3) is 0 Å². The lowest BCUT2D eigenvalue weighted by atomic mass is 10.2. The number of halogens is 3. The van der Waals surface area contributed by atoms with Crippen molar-refractivity contribution in [3.63, 3.8) is 0 Å². The zero-order valence-electron chi connectivity index (χ0n) is 8.90. The van der Waals surface area contributed by atoms with E-state index < -0.39 is 17.6 Å². The highest BCUT2D eigenvalue weighted by Gasteiger charge is 2.12. The van der Waals surface area contributed by atoms with E-state index in [0.29, 0.717) is 5.56 Å². The van der Waals surface area contributed by atoms with Gasteiger partial charge < -0.3 is 9.67 Å². The number of aromatic carboxylic acids is 1. The molecule has 0 spiro atoms. The van der Waals surface area contributed by atoms with E-state index in [0.717, 1.165) is 18.2 Å². The minimum atomic E-state index is -1.22. The van der Waals surface area contributed by atoms with Crippen molar-refractivity contribution < 1.29 is 18.7 Å². The Balaban J connectivity index is 2.30. The van der Waals surface area contributed by atoms with Gasteiger partial charge in [-0.15, -0.1) is 0 Å². The summed E-state index contributed by atoms with van der Waals surface area (Å²) in [6.45, 7) is 0.0355. The lowest BCUT2D eigenvalue weighted by Crippen LogP contribution is -2.00. The highest BCUT2D eigenvalue weighted by atomic mass is 35.5. The summed E-state index contributed by atoms with van der Waals surface area (Å²) < 4.78 is 27.2. The number of benzene rings is 1. The molecular formula is C11H7ClF2N2O2. The summed E-state index contributed by atoms with van der Waals surface area (Å²) in [5.74, 6) is -2.64. The average Bonchev–Trinajstić information content (AvgIpc) is 2.59. The molecule has 1 N–H and O–H groups in total. The van der Waals surface area contributed by atoms with Gasteiger partial charge in [-0.05, 0) is 29.3 Å². The van der Waals surface area contributed by atoms with Crippen molar-refractivity contribution in [3.8, 4) is 0 Å². The molecule has 1 aromatic carbocycles. The summed E-state index contributed by atoms with van der Waals surface area (Å²) in [6.07, 6.45) is 1.20. The number of imidazole rings is 1. The van der Waals surface area contributed by atoms with Crippen molar-refractivity contribution in [2.45, 2.75) is 6.54 Å². The fraction of sp³-hybridized carbons (Fsp3) is 0.0909. The Hall–Kier alpha value is -1.95. The van der Waals surface area contributed by atoms with Gasteiger partial charge in [-0.2, -0.15) is 0 Å². The molecule has 0 bridgehead atoms. The molecule has 7 heteroatoms. The maximum Gasteiger partial charge on any atom is 0.356 e. The third-order valence-electron chi connectivity index (χ3n) is 2.22. The van der Waals surface area contributed by atoms with Gasteiger partial charge in [-0.1, -0.05) is 0 Å². The lowest BCUT2D eigenvalue weighted by Gasteiger charge is -2.04. The van der Waals surface area contributed by atoms with Crippen LogP contribution in [-0.4, -0.2) is 20.6 Å². The number of nitrogens with zero attached hydrogens (tertiary/aromatic N) is 2. The summed E-state index contributed by atoms with van der Waals surface area (Å²) in [5.41, 5.74) is 0.0978. The first-order valence-electron chi connectivity index (χ1n) is 4.86. The van der Waals surface area contributed by atoms with Gasteiger partial charge in [-0.25, -0.2) is 18.6 Å². The number of hydrogen-bond acceptors (Lipinski definition) is 2. The fourth-order valence-electron chi connectivity index (χ4n) is 1.51. The molecule has 0 atom stereocenters. The van der Waals surface area contributed by atoms with Crippen LogP contribution in [0, 0.1) is 11.6 Å². The molecule has 0 saturated heterocycles. The van der Waals surface area contributed by atoms with E-state index in [9.17, 15) is 13.6 Å². The highest BCUT2D eigenvalue weighted by Crippen LogP contribution is 2.14. The zero-order chi connectivity index (χ0) is 13.3. The van der Waals surface area contributed by atoms with Crippen LogP contribution in [0.15, 0.2) is 24.4 Å². The highest BCUT2D eigenvalue weighted by molar-refractivity contribution is 6.28. The second kappa shape index (κ2) is 4.73. The summed E-state index contributed by atoms with van der Waals surface area (Å²) in [4.78, 5) is 14.3. The molecule has 4 nitrogen and oxygen atoms in total. The summed E-state index contributed by atoms with van der Waals surface area (Å²) in [5, 5.41) is 8.66. The van der Waals surface area contributed by atoms with Crippen LogP contribution in [0.1, 0.15) is 16.1 Å². The van der Waals surface area contributed by atoms with Crippen molar-refractivity contribution in [1.82, 2.24) is 9.55 Å². The first-order chi connectivity index (χ1) is 8.45. The fourth-order valence-corrected chi connectivity index (χ4v) is 1.71. The standard InChI is InChI=1S/C11H7ClF2N2O2/c12-11-15-9(10(17)18)5-16(11)4-6-1-7(13)3-8(14)2-6/h1-3,5H,4H2,(H,17,18). The molecule has 1 aromatic heterocycles. The van der Waals surface area contributed by atoms with E-state index >= 15 is 0 Å². The number of hydrogen-bond donors (Lipinski definition) is 1. The topological polar surface area (TPSA) is 55.1 Å². The Labute approximate surface area is 105 Å². The Morgan fingerprint density at radius 3 is 2.44 bits per heavy atom. The van der Waals surface area contributed by atoms with Gasteiger partial charge in [-0.3, -0.25) is 0 Å². The molecule has 0 fully saturated rings. The second-order valence-electron chi connectivity index (χ2n) is 3.61. The van der Waals surface area contributed by atoms with E-state index in [-0.39, 0.29) is 17.5 Å². The smallest absolute Gasteiger partial charge is 0.356 e. The van der Waals surface area contributed by atoms with Crippen molar-refractivity contribution in [2.24, 2.45) is 0 Å². The maximum absolute atomic E-state index is 13.0. The number of carboxylic acids is 1. The number of carboxylic acid groups (broad SMARTS) is 1. The van der Waals surface area contributed by atoms with Crippen LogP contribution in [0.3, 0.4) is 0 Å². The molecule has 0 aliphatic carbocycles. The number of rotatable bonds is 3. The molecule has 0 unspecified atom stereocenters. The number of aromatic nitrogens is 2. The molecule has 94 valence electrons. The largest absolute Gasteiger partial charge is 0.476 e. The SMILES string of the molecule is O=C(O)c1cn(Cc2cc(F)cc(F)c2)c(Cl)n1. The van der Waals surface area contributed by atoms with Crippen LogP contribution in [0.2, 0.25) is 5.28 Å². The van der Waals surface area contributed by atoms with Gasteiger partial charge in [0.1, 0.15) is 11.6 Å². The minimum Gasteiger partial charge on any atom is -0.476 e. The van der Waals surface area contributed by atoms with Crippen LogP contribution in [0.25, 0.3) is 0 Å². The Morgan fingerprint density at radius 1 is 1.33 bits per heavy atom. The molecule has 2 aromatic rings. The normalized spacial score (nSPS) is 10.6. The van der Waals surface area contributed by atoms with Crippen LogP contribution < -0.4 is 0 Å². The maximum atomic E-state index is 13.0.